The summed E-state index contributed by atoms with van der Waals surface area (Å²) in [5.41, 5.74) is 11.3. The van der Waals surface area contributed by atoms with Crippen molar-refractivity contribution < 1.29 is 9.84 Å². The number of aliphatic hydroxyl groups is 1. The van der Waals surface area contributed by atoms with Gasteiger partial charge in [-0.2, -0.15) is 5.10 Å². The predicted octanol–water partition coefficient (Wildman–Crippen LogP) is 3.15. The minimum atomic E-state index is -0.991. The average molecular weight is 297 g/mol. The van der Waals surface area contributed by atoms with Gasteiger partial charge in [-0.05, 0) is 48.7 Å². The maximum Gasteiger partial charge on any atom is 0.198 e. The molecule has 0 fully saturated rings. The highest BCUT2D eigenvalue weighted by atomic mass is 16.6. The first-order chi connectivity index (χ1) is 10.6. The number of aryl methyl sites for hydroxylation is 1. The van der Waals surface area contributed by atoms with E-state index in [4.69, 9.17) is 10.5 Å². The van der Waals surface area contributed by atoms with Crippen LogP contribution in [0.1, 0.15) is 24.5 Å². The number of H-pyrrole nitrogens is 1. The lowest BCUT2D eigenvalue weighted by atomic mass is 9.98. The fourth-order valence-corrected chi connectivity index (χ4v) is 2.58. The van der Waals surface area contributed by atoms with E-state index >= 15 is 0 Å². The fourth-order valence-electron chi connectivity index (χ4n) is 2.58. The van der Waals surface area contributed by atoms with Crippen molar-refractivity contribution in [3.63, 3.8) is 0 Å². The number of hydrogen-bond donors (Lipinski definition) is 3. The number of nitrogen functional groups attached to an aromatic ring is 1. The smallest absolute Gasteiger partial charge is 0.198 e. The highest BCUT2D eigenvalue weighted by Gasteiger charge is 2.15. The molecule has 2 aromatic carbocycles. The number of hydrogen-bond acceptors (Lipinski definition) is 4. The Bertz CT molecular complexity index is 811. The maximum absolute atomic E-state index is 9.96. The van der Waals surface area contributed by atoms with Crippen LogP contribution < -0.4 is 5.73 Å². The van der Waals surface area contributed by atoms with Crippen LogP contribution >= 0.6 is 0 Å². The zero-order chi connectivity index (χ0) is 15.7. The summed E-state index contributed by atoms with van der Waals surface area (Å²) in [5, 5.41) is 17.9. The van der Waals surface area contributed by atoms with Gasteiger partial charge in [0, 0.05) is 17.7 Å². The van der Waals surface area contributed by atoms with Crippen LogP contribution in [-0.2, 0) is 4.74 Å². The molecule has 22 heavy (non-hydrogen) atoms. The Hall–Kier alpha value is -2.37. The van der Waals surface area contributed by atoms with Crippen molar-refractivity contribution in [2.24, 2.45) is 0 Å². The van der Waals surface area contributed by atoms with E-state index in [9.17, 15) is 5.11 Å². The molecule has 0 spiro atoms. The molecule has 0 aliphatic heterocycles. The van der Waals surface area contributed by atoms with E-state index in [2.05, 4.69) is 10.2 Å². The summed E-state index contributed by atoms with van der Waals surface area (Å²) in [4.78, 5) is 0. The molecule has 0 saturated heterocycles. The lowest BCUT2D eigenvalue weighted by Gasteiger charge is -2.09. The van der Waals surface area contributed by atoms with Gasteiger partial charge in [-0.25, -0.2) is 0 Å². The molecule has 3 rings (SSSR count). The molecule has 5 heteroatoms. The van der Waals surface area contributed by atoms with E-state index in [1.54, 1.807) is 0 Å². The number of fused-ring (bicyclic) bond motifs is 1. The number of aromatic nitrogens is 2. The van der Waals surface area contributed by atoms with Gasteiger partial charge in [0.1, 0.15) is 0 Å². The topological polar surface area (TPSA) is 84.2 Å². The summed E-state index contributed by atoms with van der Waals surface area (Å²) in [5.74, 6) is 0. The summed E-state index contributed by atoms with van der Waals surface area (Å²) in [6.45, 7) is 4.32. The third-order valence-corrected chi connectivity index (χ3v) is 3.73. The van der Waals surface area contributed by atoms with Crippen molar-refractivity contribution >= 4 is 16.6 Å². The predicted molar refractivity (Wildman–Crippen MR) is 87.3 cm³/mol. The Labute approximate surface area is 128 Å². The Morgan fingerprint density at radius 2 is 2.09 bits per heavy atom. The van der Waals surface area contributed by atoms with E-state index in [-0.39, 0.29) is 0 Å². The van der Waals surface area contributed by atoms with Crippen molar-refractivity contribution in [3.8, 4) is 11.1 Å². The summed E-state index contributed by atoms with van der Waals surface area (Å²) in [6.07, 6.45) is -0.991. The molecule has 0 amide bonds. The standard InChI is InChI=1S/C17H19N3O2/c1-3-22-17(21)16-13-7-5-11(8-15(13)19-20-16)14-9-12(18)6-4-10(14)2/h4-9,17,21H,3,18H2,1-2H3,(H,19,20). The van der Waals surface area contributed by atoms with E-state index in [1.807, 2.05) is 50.2 Å². The normalized spacial score (nSPS) is 12.7. The summed E-state index contributed by atoms with van der Waals surface area (Å²) in [7, 11) is 0. The second-order valence-electron chi connectivity index (χ2n) is 5.25. The van der Waals surface area contributed by atoms with Crippen LogP contribution in [0.25, 0.3) is 22.0 Å². The Kier molecular flexibility index (Phi) is 3.83. The number of benzene rings is 2. The first-order valence-electron chi connectivity index (χ1n) is 7.24. The van der Waals surface area contributed by atoms with Gasteiger partial charge in [0.15, 0.2) is 6.29 Å². The minimum Gasteiger partial charge on any atom is -0.399 e. The molecule has 0 radical (unpaired) electrons. The molecule has 1 atom stereocenters. The van der Waals surface area contributed by atoms with Crippen molar-refractivity contribution in [1.29, 1.82) is 0 Å². The quantitative estimate of drug-likeness (QED) is 0.510. The number of nitrogens with two attached hydrogens (primary N) is 1. The molecule has 0 bridgehead atoms. The molecule has 3 aromatic rings. The molecular weight excluding hydrogens is 278 g/mol. The number of rotatable bonds is 4. The van der Waals surface area contributed by atoms with Crippen LogP contribution in [0.5, 0.6) is 0 Å². The number of ether oxygens (including phenoxy) is 1. The minimum absolute atomic E-state index is 0.433. The van der Waals surface area contributed by atoms with Gasteiger partial charge >= 0.3 is 0 Å². The van der Waals surface area contributed by atoms with E-state index in [0.29, 0.717) is 12.3 Å². The largest absolute Gasteiger partial charge is 0.399 e. The van der Waals surface area contributed by atoms with Crippen LogP contribution in [0.3, 0.4) is 0 Å². The number of nitrogens with one attached hydrogen (secondary N) is 1. The summed E-state index contributed by atoms with van der Waals surface area (Å²) < 4.78 is 5.21. The highest BCUT2D eigenvalue weighted by Crippen LogP contribution is 2.30. The van der Waals surface area contributed by atoms with Gasteiger partial charge in [0.05, 0.1) is 11.2 Å². The van der Waals surface area contributed by atoms with Crippen molar-refractivity contribution in [1.82, 2.24) is 10.2 Å². The third-order valence-electron chi connectivity index (χ3n) is 3.73. The number of nitrogens with zero attached hydrogens (tertiary/aromatic N) is 1. The SMILES string of the molecule is CCOC(O)c1[nH]nc2cc(-c3cc(N)ccc3C)ccc12. The molecular formula is C17H19N3O2. The molecule has 5 nitrogen and oxygen atoms in total. The van der Waals surface area contributed by atoms with Crippen LogP contribution in [-0.4, -0.2) is 21.9 Å². The number of anilines is 1. The van der Waals surface area contributed by atoms with Crippen molar-refractivity contribution in [2.75, 3.05) is 12.3 Å². The molecule has 0 saturated carbocycles. The summed E-state index contributed by atoms with van der Waals surface area (Å²) in [6, 6.07) is 11.8. The van der Waals surface area contributed by atoms with Gasteiger partial charge in [0.2, 0.25) is 0 Å². The Balaban J connectivity index is 2.06. The average Bonchev–Trinajstić information content (AvgIpc) is 2.93. The molecule has 4 N–H and O–H groups in total. The van der Waals surface area contributed by atoms with E-state index < -0.39 is 6.29 Å². The second kappa shape index (κ2) is 5.79. The molecule has 1 unspecified atom stereocenters. The molecule has 114 valence electrons. The number of aliphatic hydroxyl groups excluding tert-OH is 1. The maximum atomic E-state index is 9.96. The van der Waals surface area contributed by atoms with Crippen LogP contribution in [0.2, 0.25) is 0 Å². The molecule has 0 aliphatic carbocycles. The van der Waals surface area contributed by atoms with Crippen LogP contribution in [0.4, 0.5) is 5.69 Å². The van der Waals surface area contributed by atoms with E-state index in [0.717, 1.165) is 33.3 Å². The number of aromatic amines is 1. The fraction of sp³-hybridized carbons (Fsp3) is 0.235. The van der Waals surface area contributed by atoms with Gasteiger partial charge in [-0.3, -0.25) is 5.10 Å². The van der Waals surface area contributed by atoms with Gasteiger partial charge in [-0.1, -0.05) is 18.2 Å². The van der Waals surface area contributed by atoms with Gasteiger partial charge in [0.25, 0.3) is 0 Å². The van der Waals surface area contributed by atoms with Crippen LogP contribution in [0, 0.1) is 6.92 Å². The van der Waals surface area contributed by atoms with Crippen molar-refractivity contribution in [3.05, 3.63) is 47.7 Å². The lowest BCUT2D eigenvalue weighted by molar-refractivity contribution is -0.0997. The Morgan fingerprint density at radius 1 is 1.27 bits per heavy atom. The first kappa shape index (κ1) is 14.6. The Morgan fingerprint density at radius 3 is 2.86 bits per heavy atom. The van der Waals surface area contributed by atoms with Gasteiger partial charge in [-0.15, -0.1) is 0 Å². The lowest BCUT2D eigenvalue weighted by Crippen LogP contribution is -2.03. The summed E-state index contributed by atoms with van der Waals surface area (Å²) >= 11 is 0. The molecule has 1 aromatic heterocycles. The van der Waals surface area contributed by atoms with E-state index in [1.165, 1.54) is 0 Å². The van der Waals surface area contributed by atoms with Gasteiger partial charge < -0.3 is 15.6 Å². The van der Waals surface area contributed by atoms with Crippen LogP contribution in [0.15, 0.2) is 36.4 Å². The second-order valence-corrected chi connectivity index (χ2v) is 5.25. The van der Waals surface area contributed by atoms with Crippen molar-refractivity contribution in [2.45, 2.75) is 20.1 Å². The zero-order valence-corrected chi connectivity index (χ0v) is 12.6. The third kappa shape index (κ3) is 2.56. The monoisotopic (exact) mass is 297 g/mol. The molecule has 0 aliphatic rings. The zero-order valence-electron chi connectivity index (χ0n) is 12.6. The molecule has 1 heterocycles. The first-order valence-corrected chi connectivity index (χ1v) is 7.24. The highest BCUT2D eigenvalue weighted by molar-refractivity contribution is 5.87.